The van der Waals surface area contributed by atoms with Crippen molar-refractivity contribution in [3.8, 4) is 5.75 Å². The van der Waals surface area contributed by atoms with Crippen LogP contribution in [-0.2, 0) is 0 Å². The molecule has 0 atom stereocenters. The molecule has 0 saturated carbocycles. The van der Waals surface area contributed by atoms with Crippen molar-refractivity contribution in [3.63, 3.8) is 0 Å². The van der Waals surface area contributed by atoms with Gasteiger partial charge in [0.05, 0.1) is 6.67 Å². The summed E-state index contributed by atoms with van der Waals surface area (Å²) in [5, 5.41) is 0. The highest BCUT2D eigenvalue weighted by atomic mass is 19.1. The van der Waals surface area contributed by atoms with Gasteiger partial charge in [0.25, 0.3) is 0 Å². The number of benzene rings is 1. The molecule has 0 N–H and O–H groups in total. The van der Waals surface area contributed by atoms with Crippen molar-refractivity contribution in [3.05, 3.63) is 30.3 Å². The summed E-state index contributed by atoms with van der Waals surface area (Å²) in [6.45, 7) is 3.12. The van der Waals surface area contributed by atoms with Crippen LogP contribution in [0.2, 0.25) is 0 Å². The van der Waals surface area contributed by atoms with E-state index >= 15 is 0 Å². The molecule has 2 nitrogen and oxygen atoms in total. The lowest BCUT2D eigenvalue weighted by Gasteiger charge is -2.37. The lowest BCUT2D eigenvalue weighted by atomic mass is 10.0. The highest BCUT2D eigenvalue weighted by molar-refractivity contribution is 5.20. The summed E-state index contributed by atoms with van der Waals surface area (Å²) in [5.74, 6) is 1.13. The Morgan fingerprint density at radius 1 is 1.40 bits per heavy atom. The molecule has 1 aromatic carbocycles. The maximum atomic E-state index is 12.1. The summed E-state index contributed by atoms with van der Waals surface area (Å²) < 4.78 is 17.7. The van der Waals surface area contributed by atoms with Crippen LogP contribution in [0.25, 0.3) is 0 Å². The van der Waals surface area contributed by atoms with Gasteiger partial charge in [0.15, 0.2) is 0 Å². The highest BCUT2D eigenvalue weighted by Gasteiger charge is 2.25. The molecule has 2 rings (SSSR count). The van der Waals surface area contributed by atoms with Gasteiger partial charge in [0.1, 0.15) is 12.4 Å². The predicted octanol–water partition coefficient (Wildman–Crippen LogP) is 1.77. The molecule has 0 spiro atoms. The van der Waals surface area contributed by atoms with E-state index in [2.05, 4.69) is 11.0 Å². The number of hydrogen-bond acceptors (Lipinski definition) is 2. The van der Waals surface area contributed by atoms with Crippen LogP contribution in [0.15, 0.2) is 24.3 Å². The third-order valence-electron chi connectivity index (χ3n) is 2.61. The molecule has 0 amide bonds. The molecule has 15 heavy (non-hydrogen) atoms. The molecular weight excluding hydrogens is 193 g/mol. The lowest BCUT2D eigenvalue weighted by Crippen LogP contribution is -2.49. The number of rotatable bonds is 5. The number of ether oxygens (including phenoxy) is 1. The third-order valence-corrected chi connectivity index (χ3v) is 2.61. The summed E-state index contributed by atoms with van der Waals surface area (Å²) in [6, 6.07) is 10.4. The quantitative estimate of drug-likeness (QED) is 0.731. The van der Waals surface area contributed by atoms with Crippen LogP contribution in [0.5, 0.6) is 5.75 Å². The second-order valence-electron chi connectivity index (χ2n) is 3.86. The summed E-state index contributed by atoms with van der Waals surface area (Å²) in [7, 11) is 0. The van der Waals surface area contributed by atoms with Crippen molar-refractivity contribution in [1.82, 2.24) is 4.90 Å². The number of halogens is 1. The van der Waals surface area contributed by atoms with Crippen LogP contribution < -0.4 is 4.74 Å². The van der Waals surface area contributed by atoms with Crippen LogP contribution >= 0.6 is 0 Å². The molecule has 1 aliphatic heterocycles. The number of alkyl halides is 1. The van der Waals surface area contributed by atoms with Crippen molar-refractivity contribution in [2.75, 3.05) is 32.9 Å². The van der Waals surface area contributed by atoms with Crippen molar-refractivity contribution in [1.29, 1.82) is 0 Å². The van der Waals surface area contributed by atoms with Gasteiger partial charge in [-0.3, -0.25) is 9.29 Å². The van der Waals surface area contributed by atoms with Gasteiger partial charge in [-0.05, 0) is 18.2 Å². The minimum absolute atomic E-state index is 0.189. The minimum Gasteiger partial charge on any atom is -0.492 e. The molecule has 1 aliphatic rings. The minimum atomic E-state index is -0.189. The maximum absolute atomic E-state index is 12.1. The lowest BCUT2D eigenvalue weighted by molar-refractivity contribution is 0.0668. The van der Waals surface area contributed by atoms with Crippen molar-refractivity contribution in [2.45, 2.75) is 0 Å². The molecule has 1 aromatic rings. The number of nitrogens with zero attached hydrogens (tertiary/aromatic N) is 1. The fraction of sp³-hybridized carbons (Fsp3) is 0.500. The molecule has 1 radical (unpaired) electrons. The third kappa shape index (κ3) is 2.93. The zero-order chi connectivity index (χ0) is 10.5. The maximum Gasteiger partial charge on any atom is 0.119 e. The normalized spacial score (nSPS) is 17.4. The molecule has 0 aliphatic carbocycles. The SMILES string of the molecule is FCC1CN(CCOc2cc[c]cc2)C1. The van der Waals surface area contributed by atoms with E-state index in [1.165, 1.54) is 0 Å². The Balaban J connectivity index is 1.60. The first-order valence-corrected chi connectivity index (χ1v) is 5.25. The van der Waals surface area contributed by atoms with Crippen LogP contribution in [0.1, 0.15) is 0 Å². The molecular formula is C12H15FNO. The topological polar surface area (TPSA) is 12.5 Å². The first-order valence-electron chi connectivity index (χ1n) is 5.25. The van der Waals surface area contributed by atoms with Gasteiger partial charge < -0.3 is 4.74 Å². The van der Waals surface area contributed by atoms with E-state index in [9.17, 15) is 4.39 Å². The van der Waals surface area contributed by atoms with E-state index in [0.717, 1.165) is 25.4 Å². The van der Waals surface area contributed by atoms with E-state index in [4.69, 9.17) is 4.74 Å². The molecule has 1 heterocycles. The number of hydrogen-bond donors (Lipinski definition) is 0. The van der Waals surface area contributed by atoms with E-state index in [1.807, 2.05) is 24.3 Å². The summed E-state index contributed by atoms with van der Waals surface area (Å²) in [4.78, 5) is 2.21. The summed E-state index contributed by atoms with van der Waals surface area (Å²) >= 11 is 0. The van der Waals surface area contributed by atoms with Crippen LogP contribution in [-0.4, -0.2) is 37.8 Å². The van der Waals surface area contributed by atoms with Gasteiger partial charge in [0, 0.05) is 25.6 Å². The monoisotopic (exact) mass is 208 g/mol. The fourth-order valence-corrected chi connectivity index (χ4v) is 1.72. The van der Waals surface area contributed by atoms with E-state index in [1.54, 1.807) is 0 Å². The Morgan fingerprint density at radius 2 is 2.13 bits per heavy atom. The van der Waals surface area contributed by atoms with Crippen LogP contribution in [0.4, 0.5) is 4.39 Å². The average molecular weight is 208 g/mol. The van der Waals surface area contributed by atoms with Crippen molar-refractivity contribution >= 4 is 0 Å². The molecule has 0 unspecified atom stereocenters. The second kappa shape index (κ2) is 5.12. The largest absolute Gasteiger partial charge is 0.492 e. The van der Waals surface area contributed by atoms with Gasteiger partial charge in [-0.1, -0.05) is 12.1 Å². The zero-order valence-corrected chi connectivity index (χ0v) is 8.66. The Bertz CT molecular complexity index is 285. The molecule has 0 aromatic heterocycles. The first-order chi connectivity index (χ1) is 7.38. The highest BCUT2D eigenvalue weighted by Crippen LogP contribution is 2.15. The smallest absolute Gasteiger partial charge is 0.119 e. The average Bonchev–Trinajstić information content (AvgIpc) is 2.23. The Hall–Kier alpha value is -1.09. The van der Waals surface area contributed by atoms with Gasteiger partial charge in [-0.15, -0.1) is 0 Å². The van der Waals surface area contributed by atoms with Crippen molar-refractivity contribution < 1.29 is 9.13 Å². The van der Waals surface area contributed by atoms with Gasteiger partial charge in [-0.2, -0.15) is 0 Å². The van der Waals surface area contributed by atoms with E-state index < -0.39 is 0 Å². The standard InChI is InChI=1S/C12H15FNO/c13-8-11-9-14(10-11)6-7-15-12-4-2-1-3-5-12/h2-5,11H,6-10H2. The Kier molecular flexibility index (Phi) is 3.56. The van der Waals surface area contributed by atoms with Gasteiger partial charge in [-0.25, -0.2) is 0 Å². The van der Waals surface area contributed by atoms with Crippen LogP contribution in [0, 0.1) is 12.0 Å². The molecule has 81 valence electrons. The molecule has 0 bridgehead atoms. The second-order valence-corrected chi connectivity index (χ2v) is 3.86. The Labute approximate surface area is 89.7 Å². The van der Waals surface area contributed by atoms with Gasteiger partial charge >= 0.3 is 0 Å². The molecule has 1 saturated heterocycles. The Morgan fingerprint density at radius 3 is 2.80 bits per heavy atom. The molecule has 1 fully saturated rings. The van der Waals surface area contributed by atoms with E-state index in [-0.39, 0.29) is 12.6 Å². The van der Waals surface area contributed by atoms with Gasteiger partial charge in [0.2, 0.25) is 0 Å². The predicted molar refractivity (Wildman–Crippen MR) is 56.7 cm³/mol. The summed E-state index contributed by atoms with van der Waals surface area (Å²) in [6.07, 6.45) is 0. The fourth-order valence-electron chi connectivity index (χ4n) is 1.72. The first kappa shape index (κ1) is 10.4. The summed E-state index contributed by atoms with van der Waals surface area (Å²) in [5.41, 5.74) is 0. The number of likely N-dealkylation sites (tertiary alicyclic amines) is 1. The van der Waals surface area contributed by atoms with E-state index in [0.29, 0.717) is 6.61 Å². The van der Waals surface area contributed by atoms with Crippen molar-refractivity contribution in [2.24, 2.45) is 5.92 Å². The zero-order valence-electron chi connectivity index (χ0n) is 8.66. The molecule has 3 heteroatoms. The van der Waals surface area contributed by atoms with Crippen LogP contribution in [0.3, 0.4) is 0 Å².